The van der Waals surface area contributed by atoms with Gasteiger partial charge < -0.3 is 14.6 Å². The molecular formula is C16H13Br2NO7S. The molecule has 2 amide bonds. The number of benzene rings is 1. The molecule has 1 N–H and O–H groups in total. The first-order chi connectivity index (χ1) is 12.7. The number of imide groups is 1. The lowest BCUT2D eigenvalue weighted by atomic mass is 10.2. The van der Waals surface area contributed by atoms with Gasteiger partial charge in [-0.2, -0.15) is 0 Å². The molecule has 1 heterocycles. The number of halogens is 2. The van der Waals surface area contributed by atoms with Gasteiger partial charge in [0.1, 0.15) is 12.3 Å². The summed E-state index contributed by atoms with van der Waals surface area (Å²) < 4.78 is 10.9. The molecule has 0 bridgehead atoms. The number of rotatable bonds is 7. The molecule has 1 saturated heterocycles. The molecule has 1 aliphatic rings. The number of aliphatic carboxylic acids is 1. The van der Waals surface area contributed by atoms with E-state index in [1.807, 2.05) is 0 Å². The fourth-order valence-corrected chi connectivity index (χ4v) is 4.35. The Balaban J connectivity index is 2.21. The fraction of sp³-hybridized carbons (Fsp3) is 0.250. The van der Waals surface area contributed by atoms with Crippen LogP contribution in [0.1, 0.15) is 12.5 Å². The van der Waals surface area contributed by atoms with E-state index in [9.17, 15) is 19.2 Å². The Morgan fingerprint density at radius 2 is 1.89 bits per heavy atom. The summed E-state index contributed by atoms with van der Waals surface area (Å²) in [4.78, 5) is 47.5. The number of thioether (sulfide) groups is 1. The van der Waals surface area contributed by atoms with E-state index in [1.165, 1.54) is 6.08 Å². The van der Waals surface area contributed by atoms with Crippen molar-refractivity contribution >= 4 is 72.8 Å². The summed E-state index contributed by atoms with van der Waals surface area (Å²) in [6.45, 7) is 0.836. The second-order valence-electron chi connectivity index (χ2n) is 5.07. The molecular weight excluding hydrogens is 510 g/mol. The van der Waals surface area contributed by atoms with Crippen LogP contribution in [0.4, 0.5) is 4.79 Å². The van der Waals surface area contributed by atoms with Crippen molar-refractivity contribution in [2.45, 2.75) is 6.92 Å². The first-order valence-electron chi connectivity index (χ1n) is 7.47. The molecule has 1 aromatic carbocycles. The number of carbonyl (C=O) groups is 4. The lowest BCUT2D eigenvalue weighted by molar-refractivity contribution is -0.146. The number of ether oxygens (including phenoxy) is 2. The summed E-state index contributed by atoms with van der Waals surface area (Å²) in [5.74, 6) is -2.07. The lowest BCUT2D eigenvalue weighted by Crippen LogP contribution is -2.34. The average Bonchev–Trinajstić information content (AvgIpc) is 2.81. The highest BCUT2D eigenvalue weighted by Crippen LogP contribution is 2.37. The normalized spacial score (nSPS) is 15.4. The summed E-state index contributed by atoms with van der Waals surface area (Å²) in [5.41, 5.74) is 0.568. The van der Waals surface area contributed by atoms with Crippen LogP contribution >= 0.6 is 43.6 Å². The average molecular weight is 523 g/mol. The topological polar surface area (TPSA) is 110 Å². The Labute approximate surface area is 175 Å². The van der Waals surface area contributed by atoms with E-state index in [-0.39, 0.29) is 11.5 Å². The molecule has 2 rings (SSSR count). The van der Waals surface area contributed by atoms with E-state index in [0.717, 1.165) is 16.7 Å². The highest BCUT2D eigenvalue weighted by atomic mass is 79.9. The first-order valence-corrected chi connectivity index (χ1v) is 9.87. The summed E-state index contributed by atoms with van der Waals surface area (Å²) in [6.07, 6.45) is 1.49. The maximum atomic E-state index is 12.4. The van der Waals surface area contributed by atoms with Crippen molar-refractivity contribution in [3.8, 4) is 5.75 Å². The molecule has 27 heavy (non-hydrogen) atoms. The number of carbonyl (C=O) groups excluding carboxylic acids is 3. The summed E-state index contributed by atoms with van der Waals surface area (Å²) >= 11 is 7.28. The SMILES string of the molecule is CCOC(=O)CN1C(=O)S/C(=C\c2cc(Br)c(OCC(=O)O)c(Br)c2)C1=O. The summed E-state index contributed by atoms with van der Waals surface area (Å²) in [6, 6.07) is 3.22. The second-order valence-corrected chi connectivity index (χ2v) is 7.77. The van der Waals surface area contributed by atoms with Crippen molar-refractivity contribution in [1.29, 1.82) is 0 Å². The van der Waals surface area contributed by atoms with E-state index in [1.54, 1.807) is 19.1 Å². The maximum absolute atomic E-state index is 12.4. The maximum Gasteiger partial charge on any atom is 0.341 e. The highest BCUT2D eigenvalue weighted by Gasteiger charge is 2.36. The van der Waals surface area contributed by atoms with Crippen molar-refractivity contribution in [2.24, 2.45) is 0 Å². The van der Waals surface area contributed by atoms with Crippen LogP contribution in [0.25, 0.3) is 6.08 Å². The third-order valence-corrected chi connectivity index (χ3v) is 5.21. The quantitative estimate of drug-likeness (QED) is 0.429. The Morgan fingerprint density at radius 1 is 1.26 bits per heavy atom. The Bertz CT molecular complexity index is 817. The minimum absolute atomic E-state index is 0.155. The molecule has 0 spiro atoms. The molecule has 0 saturated carbocycles. The standard InChI is InChI=1S/C16H13Br2NO7S/c1-2-25-13(22)6-19-15(23)11(27-16(19)24)5-8-3-9(17)14(10(18)4-8)26-7-12(20)21/h3-5H,2,6-7H2,1H3,(H,20,21)/b11-5-. The van der Waals surface area contributed by atoms with Gasteiger partial charge in [-0.3, -0.25) is 19.3 Å². The number of esters is 1. The van der Waals surface area contributed by atoms with Crippen LogP contribution in [0.2, 0.25) is 0 Å². The van der Waals surface area contributed by atoms with Gasteiger partial charge in [-0.05, 0) is 74.3 Å². The van der Waals surface area contributed by atoms with Crippen LogP contribution in [0.3, 0.4) is 0 Å². The molecule has 0 atom stereocenters. The summed E-state index contributed by atoms with van der Waals surface area (Å²) in [7, 11) is 0. The van der Waals surface area contributed by atoms with E-state index in [2.05, 4.69) is 31.9 Å². The molecule has 0 radical (unpaired) electrons. The van der Waals surface area contributed by atoms with Crippen LogP contribution in [0.5, 0.6) is 5.75 Å². The van der Waals surface area contributed by atoms with Gasteiger partial charge in [0.15, 0.2) is 6.61 Å². The van der Waals surface area contributed by atoms with Gasteiger partial charge in [0.05, 0.1) is 20.5 Å². The number of carboxylic acid groups (broad SMARTS) is 1. The number of carboxylic acids is 1. The van der Waals surface area contributed by atoms with E-state index in [4.69, 9.17) is 14.6 Å². The number of hydrogen-bond acceptors (Lipinski definition) is 7. The van der Waals surface area contributed by atoms with Gasteiger partial charge in [0.25, 0.3) is 11.1 Å². The van der Waals surface area contributed by atoms with E-state index < -0.39 is 36.2 Å². The van der Waals surface area contributed by atoms with Gasteiger partial charge in [-0.1, -0.05) is 0 Å². The largest absolute Gasteiger partial charge is 0.480 e. The van der Waals surface area contributed by atoms with Gasteiger partial charge >= 0.3 is 11.9 Å². The molecule has 1 aliphatic heterocycles. The number of nitrogens with zero attached hydrogens (tertiary/aromatic N) is 1. The van der Waals surface area contributed by atoms with Crippen molar-refractivity contribution in [3.05, 3.63) is 31.5 Å². The molecule has 1 fully saturated rings. The Hall–Kier alpha value is -1.85. The molecule has 8 nitrogen and oxygen atoms in total. The fourth-order valence-electron chi connectivity index (χ4n) is 2.06. The zero-order valence-corrected chi connectivity index (χ0v) is 17.8. The van der Waals surface area contributed by atoms with Crippen LogP contribution in [-0.4, -0.2) is 52.8 Å². The molecule has 0 unspecified atom stereocenters. The van der Waals surface area contributed by atoms with E-state index >= 15 is 0 Å². The van der Waals surface area contributed by atoms with Crippen molar-refractivity contribution in [3.63, 3.8) is 0 Å². The zero-order valence-electron chi connectivity index (χ0n) is 13.9. The first kappa shape index (κ1) is 21.5. The van der Waals surface area contributed by atoms with E-state index in [0.29, 0.717) is 20.3 Å². The van der Waals surface area contributed by atoms with Crippen LogP contribution in [0, 0.1) is 0 Å². The molecule has 0 aliphatic carbocycles. The predicted molar refractivity (Wildman–Crippen MR) is 104 cm³/mol. The Morgan fingerprint density at radius 3 is 2.44 bits per heavy atom. The smallest absolute Gasteiger partial charge is 0.341 e. The van der Waals surface area contributed by atoms with Crippen LogP contribution < -0.4 is 4.74 Å². The number of amides is 2. The second kappa shape index (κ2) is 9.38. The Kier molecular flexibility index (Phi) is 7.45. The number of hydrogen-bond donors (Lipinski definition) is 1. The van der Waals surface area contributed by atoms with Crippen molar-refractivity contribution in [1.82, 2.24) is 4.90 Å². The minimum atomic E-state index is -1.12. The monoisotopic (exact) mass is 521 g/mol. The van der Waals surface area contributed by atoms with Crippen LogP contribution in [-0.2, 0) is 19.1 Å². The summed E-state index contributed by atoms with van der Waals surface area (Å²) in [5, 5.41) is 8.14. The lowest BCUT2D eigenvalue weighted by Gasteiger charge is -2.11. The van der Waals surface area contributed by atoms with Gasteiger partial charge in [0, 0.05) is 0 Å². The highest BCUT2D eigenvalue weighted by molar-refractivity contribution is 9.11. The van der Waals surface area contributed by atoms with Crippen molar-refractivity contribution in [2.75, 3.05) is 19.8 Å². The molecule has 1 aromatic rings. The third kappa shape index (κ3) is 5.56. The van der Waals surface area contributed by atoms with Crippen LogP contribution in [0.15, 0.2) is 26.0 Å². The third-order valence-electron chi connectivity index (χ3n) is 3.12. The minimum Gasteiger partial charge on any atom is -0.480 e. The zero-order chi connectivity index (χ0) is 20.1. The van der Waals surface area contributed by atoms with Gasteiger partial charge in [0.2, 0.25) is 0 Å². The van der Waals surface area contributed by atoms with Gasteiger partial charge in [-0.25, -0.2) is 4.79 Å². The predicted octanol–water partition coefficient (Wildman–Crippen LogP) is 3.27. The van der Waals surface area contributed by atoms with Gasteiger partial charge in [-0.15, -0.1) is 0 Å². The molecule has 11 heteroatoms. The molecule has 144 valence electrons. The van der Waals surface area contributed by atoms with Crippen molar-refractivity contribution < 1.29 is 33.8 Å². The molecule has 0 aromatic heterocycles.